The lowest BCUT2D eigenvalue weighted by molar-refractivity contribution is -0.907. The Bertz CT molecular complexity index is 491. The fourth-order valence-electron chi connectivity index (χ4n) is 4.56. The van der Waals surface area contributed by atoms with Gasteiger partial charge in [0.2, 0.25) is 0 Å². The summed E-state index contributed by atoms with van der Waals surface area (Å²) in [5, 5.41) is 0. The maximum Gasteiger partial charge on any atom is 0.306 e. The van der Waals surface area contributed by atoms with Gasteiger partial charge in [-0.15, -0.1) is 0 Å². The minimum Gasteiger partial charge on any atom is -1.00 e. The summed E-state index contributed by atoms with van der Waals surface area (Å²) in [5.74, 6) is 6.17. The van der Waals surface area contributed by atoms with Crippen LogP contribution in [0.1, 0.15) is 129 Å². The van der Waals surface area contributed by atoms with Crippen molar-refractivity contribution in [1.82, 2.24) is 0 Å². The lowest BCUT2D eigenvalue weighted by Gasteiger charge is -2.35. The summed E-state index contributed by atoms with van der Waals surface area (Å²) >= 11 is 0. The second kappa shape index (κ2) is 22.5. The van der Waals surface area contributed by atoms with E-state index in [0.29, 0.717) is 6.42 Å². The molecular formula is C28H52INO2. The number of halogens is 1. The van der Waals surface area contributed by atoms with E-state index in [-0.39, 0.29) is 36.6 Å². The van der Waals surface area contributed by atoms with Gasteiger partial charge >= 0.3 is 5.97 Å². The van der Waals surface area contributed by atoms with Gasteiger partial charge in [-0.3, -0.25) is 4.79 Å². The molecule has 0 aliphatic carbocycles. The number of likely N-dealkylation sites (tertiary alicyclic amines) is 1. The number of quaternary nitrogens is 1. The first-order chi connectivity index (χ1) is 15.2. The van der Waals surface area contributed by atoms with Gasteiger partial charge in [0.05, 0.1) is 20.1 Å². The third kappa shape index (κ3) is 19.2. The van der Waals surface area contributed by atoms with Crippen LogP contribution in [0.25, 0.3) is 0 Å². The molecule has 1 aliphatic rings. The predicted molar refractivity (Wildman–Crippen MR) is 133 cm³/mol. The predicted octanol–water partition coefficient (Wildman–Crippen LogP) is 4.43. The van der Waals surface area contributed by atoms with Crippen molar-refractivity contribution < 1.29 is 38.0 Å². The maximum atomic E-state index is 11.8. The highest BCUT2D eigenvalue weighted by molar-refractivity contribution is 5.69. The first-order valence-electron chi connectivity index (χ1n) is 13.6. The van der Waals surface area contributed by atoms with E-state index in [1.807, 2.05) is 0 Å². The second-order valence-electron chi connectivity index (χ2n) is 10.00. The fraction of sp³-hybridized carbons (Fsp3) is 0.893. The summed E-state index contributed by atoms with van der Waals surface area (Å²) in [6.07, 6.45) is 24.7. The summed E-state index contributed by atoms with van der Waals surface area (Å²) in [6, 6.07) is 0. The van der Waals surface area contributed by atoms with Crippen molar-refractivity contribution in [3.63, 3.8) is 0 Å². The highest BCUT2D eigenvalue weighted by Crippen LogP contribution is 2.15. The van der Waals surface area contributed by atoms with E-state index in [1.54, 1.807) is 0 Å². The Labute approximate surface area is 217 Å². The van der Waals surface area contributed by atoms with Crippen LogP contribution >= 0.6 is 0 Å². The van der Waals surface area contributed by atoms with Gasteiger partial charge < -0.3 is 33.2 Å². The van der Waals surface area contributed by atoms with E-state index in [2.05, 4.69) is 25.8 Å². The van der Waals surface area contributed by atoms with Crippen molar-refractivity contribution in [2.45, 2.75) is 129 Å². The van der Waals surface area contributed by atoms with E-state index < -0.39 is 0 Å². The molecule has 1 rings (SSSR count). The molecule has 0 aromatic carbocycles. The Balaban J connectivity index is 0.00000961. The topological polar surface area (TPSA) is 26.3 Å². The number of piperidine rings is 1. The molecule has 32 heavy (non-hydrogen) atoms. The molecule has 0 unspecified atom stereocenters. The average Bonchev–Trinajstić information content (AvgIpc) is 2.76. The number of hydrogen-bond donors (Lipinski definition) is 0. The molecule has 0 atom stereocenters. The molecule has 1 heterocycles. The SMILES string of the molecule is CCCCCCCCCCCCCCCCCC(=O)OCC#CC[N+]1(C)CCCCC1.[I-]. The maximum absolute atomic E-state index is 11.8. The van der Waals surface area contributed by atoms with Crippen LogP contribution in [0, 0.1) is 11.8 Å². The van der Waals surface area contributed by atoms with Crippen LogP contribution in [0.15, 0.2) is 0 Å². The highest BCUT2D eigenvalue weighted by atomic mass is 127. The third-order valence-corrected chi connectivity index (χ3v) is 6.77. The van der Waals surface area contributed by atoms with Gasteiger partial charge in [0.1, 0.15) is 6.54 Å². The standard InChI is InChI=1S/C28H52NO2.HI/c1-3-4-5-6-7-8-9-10-11-12-13-14-15-16-18-23-28(30)31-27-22-21-26-29(2)24-19-17-20-25-29;/h3-20,23-27H2,1-2H3;1H/q+1;/p-1. The molecule has 0 radical (unpaired) electrons. The number of hydrogen-bond acceptors (Lipinski definition) is 2. The second-order valence-corrected chi connectivity index (χ2v) is 10.00. The number of rotatable bonds is 18. The number of unbranched alkanes of at least 4 members (excludes halogenated alkanes) is 14. The Morgan fingerprint density at radius 3 is 1.69 bits per heavy atom. The molecule has 1 fully saturated rings. The number of carbonyl (C=O) groups is 1. The van der Waals surface area contributed by atoms with E-state index in [4.69, 9.17) is 4.74 Å². The zero-order valence-corrected chi connectivity index (χ0v) is 23.6. The molecular weight excluding hydrogens is 509 g/mol. The third-order valence-electron chi connectivity index (χ3n) is 6.77. The van der Waals surface area contributed by atoms with Crippen molar-refractivity contribution in [2.75, 3.05) is 33.3 Å². The van der Waals surface area contributed by atoms with E-state index in [1.165, 1.54) is 116 Å². The van der Waals surface area contributed by atoms with Crippen LogP contribution < -0.4 is 24.0 Å². The molecule has 0 aromatic rings. The summed E-state index contributed by atoms with van der Waals surface area (Å²) in [7, 11) is 2.29. The van der Waals surface area contributed by atoms with Crippen LogP contribution in [0.4, 0.5) is 0 Å². The van der Waals surface area contributed by atoms with Crippen LogP contribution in [-0.4, -0.2) is 43.7 Å². The largest absolute Gasteiger partial charge is 1.00 e. The van der Waals surface area contributed by atoms with Crippen LogP contribution in [0.5, 0.6) is 0 Å². The van der Waals surface area contributed by atoms with Crippen molar-refractivity contribution in [2.24, 2.45) is 0 Å². The van der Waals surface area contributed by atoms with Crippen molar-refractivity contribution in [3.05, 3.63) is 0 Å². The van der Waals surface area contributed by atoms with Gasteiger partial charge in [0, 0.05) is 6.42 Å². The smallest absolute Gasteiger partial charge is 0.306 e. The van der Waals surface area contributed by atoms with Gasteiger partial charge in [-0.2, -0.15) is 0 Å². The molecule has 0 saturated carbocycles. The average molecular weight is 562 g/mol. The summed E-state index contributed by atoms with van der Waals surface area (Å²) < 4.78 is 6.32. The Morgan fingerprint density at radius 1 is 0.719 bits per heavy atom. The normalized spacial score (nSPS) is 14.8. The number of nitrogens with zero attached hydrogens (tertiary/aromatic N) is 1. The molecule has 0 spiro atoms. The van der Waals surface area contributed by atoms with Gasteiger partial charge in [0.15, 0.2) is 6.61 Å². The Kier molecular flexibility index (Phi) is 22.3. The molecule has 0 N–H and O–H groups in total. The first kappa shape index (κ1) is 31.7. The number of carbonyl (C=O) groups excluding carboxylic acids is 1. The lowest BCUT2D eigenvalue weighted by atomic mass is 10.0. The van der Waals surface area contributed by atoms with Crippen LogP contribution in [0.3, 0.4) is 0 Å². The fourth-order valence-corrected chi connectivity index (χ4v) is 4.56. The van der Waals surface area contributed by atoms with Crippen molar-refractivity contribution in [1.29, 1.82) is 0 Å². The minimum atomic E-state index is -0.0811. The summed E-state index contributed by atoms with van der Waals surface area (Å²) in [5.41, 5.74) is 0. The molecule has 0 amide bonds. The minimum absolute atomic E-state index is 0. The quantitative estimate of drug-likeness (QED) is 0.0814. The molecule has 3 nitrogen and oxygen atoms in total. The Hall–Kier alpha value is -0.280. The number of ether oxygens (including phenoxy) is 1. The monoisotopic (exact) mass is 561 g/mol. The van der Waals surface area contributed by atoms with Gasteiger partial charge in [-0.25, -0.2) is 0 Å². The summed E-state index contributed by atoms with van der Waals surface area (Å²) in [6.45, 7) is 5.89. The molecule has 0 aromatic heterocycles. The van der Waals surface area contributed by atoms with Crippen LogP contribution in [-0.2, 0) is 9.53 Å². The zero-order chi connectivity index (χ0) is 22.5. The molecule has 188 valence electrons. The summed E-state index contributed by atoms with van der Waals surface area (Å²) in [4.78, 5) is 11.8. The van der Waals surface area contributed by atoms with Crippen molar-refractivity contribution in [3.8, 4) is 11.8 Å². The van der Waals surface area contributed by atoms with Crippen LogP contribution in [0.2, 0.25) is 0 Å². The first-order valence-corrected chi connectivity index (χ1v) is 13.6. The lowest BCUT2D eigenvalue weighted by Crippen LogP contribution is -3.00. The molecule has 0 bridgehead atoms. The molecule has 4 heteroatoms. The zero-order valence-electron chi connectivity index (χ0n) is 21.4. The molecule has 1 aliphatic heterocycles. The number of esters is 1. The van der Waals surface area contributed by atoms with Gasteiger partial charge in [-0.05, 0) is 31.6 Å². The van der Waals surface area contributed by atoms with E-state index in [0.717, 1.165) is 23.9 Å². The Morgan fingerprint density at radius 2 is 1.19 bits per heavy atom. The van der Waals surface area contributed by atoms with Gasteiger partial charge in [0.25, 0.3) is 0 Å². The van der Waals surface area contributed by atoms with E-state index in [9.17, 15) is 4.79 Å². The highest BCUT2D eigenvalue weighted by Gasteiger charge is 2.22. The van der Waals surface area contributed by atoms with E-state index >= 15 is 0 Å². The van der Waals surface area contributed by atoms with Crippen molar-refractivity contribution >= 4 is 5.97 Å². The van der Waals surface area contributed by atoms with Gasteiger partial charge in [-0.1, -0.05) is 103 Å². The molecule has 1 saturated heterocycles.